The number of anilines is 1. The second-order valence-electron chi connectivity index (χ2n) is 3.47. The fourth-order valence-corrected chi connectivity index (χ4v) is 1.55. The third-order valence-corrected chi connectivity index (χ3v) is 2.37. The Morgan fingerprint density at radius 3 is 2.94 bits per heavy atom. The van der Waals surface area contributed by atoms with Crippen LogP contribution in [-0.4, -0.2) is 11.5 Å². The summed E-state index contributed by atoms with van der Waals surface area (Å²) >= 11 is 0. The number of nitrogens with zero attached hydrogens (tertiary/aromatic N) is 2. The number of pyridine rings is 1. The Hall–Kier alpha value is -2.52. The predicted octanol–water partition coefficient (Wildman–Crippen LogP) is 2.54. The molecule has 0 saturated carbocycles. The molecule has 0 bridgehead atoms. The van der Waals surface area contributed by atoms with Crippen molar-refractivity contribution < 1.29 is 0 Å². The van der Waals surface area contributed by atoms with Crippen LogP contribution in [0.1, 0.15) is 12.5 Å². The lowest BCUT2D eigenvalue weighted by Crippen LogP contribution is -2.03. The smallest absolute Gasteiger partial charge is 0.145 e. The van der Waals surface area contributed by atoms with Gasteiger partial charge < -0.3 is 5.32 Å². The second-order valence-corrected chi connectivity index (χ2v) is 3.47. The molecule has 0 spiro atoms. The van der Waals surface area contributed by atoms with Crippen LogP contribution in [-0.2, 0) is 0 Å². The SMILES string of the molecule is CC#CCNc1nc2ccccc2cc1C#N. The largest absolute Gasteiger partial charge is 0.358 e. The van der Waals surface area contributed by atoms with E-state index in [2.05, 4.69) is 28.2 Å². The van der Waals surface area contributed by atoms with Crippen LogP contribution in [0.25, 0.3) is 10.9 Å². The molecule has 2 aromatic rings. The van der Waals surface area contributed by atoms with Crippen LogP contribution in [0.3, 0.4) is 0 Å². The van der Waals surface area contributed by atoms with E-state index < -0.39 is 0 Å². The van der Waals surface area contributed by atoms with Gasteiger partial charge in [0, 0.05) is 5.39 Å². The number of hydrogen-bond donors (Lipinski definition) is 1. The molecule has 3 nitrogen and oxygen atoms in total. The van der Waals surface area contributed by atoms with Gasteiger partial charge in [0.15, 0.2) is 0 Å². The summed E-state index contributed by atoms with van der Waals surface area (Å²) in [4.78, 5) is 4.42. The average molecular weight is 221 g/mol. The normalized spacial score (nSPS) is 9.18. The molecule has 0 aliphatic heterocycles. The van der Waals surface area contributed by atoms with Gasteiger partial charge in [-0.25, -0.2) is 4.98 Å². The molecule has 1 aromatic carbocycles. The summed E-state index contributed by atoms with van der Waals surface area (Å²) in [6, 6.07) is 11.7. The van der Waals surface area contributed by atoms with E-state index in [1.165, 1.54) is 0 Å². The minimum absolute atomic E-state index is 0.497. The lowest BCUT2D eigenvalue weighted by atomic mass is 10.1. The zero-order valence-corrected chi connectivity index (χ0v) is 9.49. The van der Waals surface area contributed by atoms with Gasteiger partial charge in [-0.2, -0.15) is 5.26 Å². The molecule has 0 fully saturated rings. The Balaban J connectivity index is 2.45. The van der Waals surface area contributed by atoms with Crippen molar-refractivity contribution in [1.29, 1.82) is 5.26 Å². The van der Waals surface area contributed by atoms with Gasteiger partial charge in [0.25, 0.3) is 0 Å². The van der Waals surface area contributed by atoms with Crippen molar-refractivity contribution in [3.63, 3.8) is 0 Å². The number of fused-ring (bicyclic) bond motifs is 1. The van der Waals surface area contributed by atoms with Gasteiger partial charge in [-0.1, -0.05) is 24.1 Å². The third kappa shape index (κ3) is 2.35. The van der Waals surface area contributed by atoms with Crippen molar-refractivity contribution in [2.75, 3.05) is 11.9 Å². The van der Waals surface area contributed by atoms with E-state index in [0.29, 0.717) is 17.9 Å². The summed E-state index contributed by atoms with van der Waals surface area (Å²) in [5, 5.41) is 13.1. The van der Waals surface area contributed by atoms with E-state index in [1.54, 1.807) is 6.92 Å². The first-order chi connectivity index (χ1) is 8.35. The Labute approximate surface area is 100 Å². The highest BCUT2D eigenvalue weighted by Gasteiger charge is 2.04. The van der Waals surface area contributed by atoms with Crippen LogP contribution in [0.15, 0.2) is 30.3 Å². The minimum Gasteiger partial charge on any atom is -0.358 e. The van der Waals surface area contributed by atoms with E-state index in [9.17, 15) is 0 Å². The molecular weight excluding hydrogens is 210 g/mol. The summed E-state index contributed by atoms with van der Waals surface area (Å²) in [5.41, 5.74) is 1.42. The number of nitriles is 1. The molecule has 82 valence electrons. The average Bonchev–Trinajstić information content (AvgIpc) is 2.38. The highest BCUT2D eigenvalue weighted by Crippen LogP contribution is 2.19. The maximum Gasteiger partial charge on any atom is 0.145 e. The number of aromatic nitrogens is 1. The fourth-order valence-electron chi connectivity index (χ4n) is 1.55. The van der Waals surface area contributed by atoms with Gasteiger partial charge >= 0.3 is 0 Å². The summed E-state index contributed by atoms with van der Waals surface area (Å²) < 4.78 is 0. The van der Waals surface area contributed by atoms with E-state index in [-0.39, 0.29) is 0 Å². The van der Waals surface area contributed by atoms with Crippen LogP contribution < -0.4 is 5.32 Å². The van der Waals surface area contributed by atoms with Gasteiger partial charge in [0.1, 0.15) is 11.9 Å². The number of para-hydroxylation sites is 1. The Kier molecular flexibility index (Phi) is 3.23. The molecule has 1 heterocycles. The van der Waals surface area contributed by atoms with Gasteiger partial charge in [0.2, 0.25) is 0 Å². The number of rotatable bonds is 2. The van der Waals surface area contributed by atoms with Crippen LogP contribution in [0.2, 0.25) is 0 Å². The predicted molar refractivity (Wildman–Crippen MR) is 68.4 cm³/mol. The summed E-state index contributed by atoms with van der Waals surface area (Å²) in [5.74, 6) is 6.27. The topological polar surface area (TPSA) is 48.7 Å². The molecule has 0 amide bonds. The maximum absolute atomic E-state index is 9.07. The number of hydrogen-bond acceptors (Lipinski definition) is 3. The van der Waals surface area contributed by atoms with Crippen LogP contribution >= 0.6 is 0 Å². The zero-order chi connectivity index (χ0) is 12.1. The molecule has 0 saturated heterocycles. The Morgan fingerprint density at radius 2 is 2.18 bits per heavy atom. The van der Waals surface area contributed by atoms with E-state index in [1.807, 2.05) is 30.3 Å². The molecule has 1 aromatic heterocycles. The van der Waals surface area contributed by atoms with Crippen LogP contribution in [0.5, 0.6) is 0 Å². The van der Waals surface area contributed by atoms with Crippen molar-refractivity contribution in [1.82, 2.24) is 4.98 Å². The Morgan fingerprint density at radius 1 is 1.35 bits per heavy atom. The molecule has 0 radical (unpaired) electrons. The molecule has 0 atom stereocenters. The third-order valence-electron chi connectivity index (χ3n) is 2.37. The van der Waals surface area contributed by atoms with E-state index in [0.717, 1.165) is 10.9 Å². The van der Waals surface area contributed by atoms with Gasteiger partial charge in [-0.15, -0.1) is 5.92 Å². The second kappa shape index (κ2) is 5.01. The molecule has 3 heteroatoms. The standard InChI is InChI=1S/C14H11N3/c1-2-3-8-16-14-12(10-15)9-11-6-4-5-7-13(11)17-14/h4-7,9H,8H2,1H3,(H,16,17). The highest BCUT2D eigenvalue weighted by molar-refractivity contribution is 5.82. The van der Waals surface area contributed by atoms with Gasteiger partial charge in [-0.3, -0.25) is 0 Å². The zero-order valence-electron chi connectivity index (χ0n) is 9.49. The van der Waals surface area contributed by atoms with Crippen molar-refractivity contribution in [3.8, 4) is 17.9 Å². The van der Waals surface area contributed by atoms with Crippen molar-refractivity contribution in [3.05, 3.63) is 35.9 Å². The summed E-state index contributed by atoms with van der Waals surface area (Å²) in [6.45, 7) is 2.28. The molecule has 0 aliphatic carbocycles. The van der Waals surface area contributed by atoms with Crippen molar-refractivity contribution >= 4 is 16.7 Å². The number of nitrogens with one attached hydrogen (secondary N) is 1. The first-order valence-corrected chi connectivity index (χ1v) is 5.28. The lowest BCUT2D eigenvalue weighted by molar-refractivity contribution is 1.27. The van der Waals surface area contributed by atoms with Crippen molar-refractivity contribution in [2.45, 2.75) is 6.92 Å². The Bertz CT molecular complexity index is 642. The van der Waals surface area contributed by atoms with E-state index >= 15 is 0 Å². The first-order valence-electron chi connectivity index (χ1n) is 5.28. The molecule has 2 rings (SSSR count). The van der Waals surface area contributed by atoms with Crippen molar-refractivity contribution in [2.24, 2.45) is 0 Å². The van der Waals surface area contributed by atoms with Gasteiger partial charge in [-0.05, 0) is 19.1 Å². The molecule has 0 unspecified atom stereocenters. The van der Waals surface area contributed by atoms with Crippen LogP contribution in [0, 0.1) is 23.2 Å². The van der Waals surface area contributed by atoms with Crippen LogP contribution in [0.4, 0.5) is 5.82 Å². The highest BCUT2D eigenvalue weighted by atomic mass is 15.0. The quantitative estimate of drug-likeness (QED) is 0.793. The fraction of sp³-hybridized carbons (Fsp3) is 0.143. The summed E-state index contributed by atoms with van der Waals surface area (Å²) in [7, 11) is 0. The molecule has 0 aliphatic rings. The maximum atomic E-state index is 9.07. The molecule has 17 heavy (non-hydrogen) atoms. The minimum atomic E-state index is 0.497. The first kappa shape index (κ1) is 11.0. The molecular formula is C14H11N3. The molecule has 1 N–H and O–H groups in total. The summed E-state index contributed by atoms with van der Waals surface area (Å²) in [6.07, 6.45) is 0. The lowest BCUT2D eigenvalue weighted by Gasteiger charge is -2.05. The monoisotopic (exact) mass is 221 g/mol. The van der Waals surface area contributed by atoms with Gasteiger partial charge in [0.05, 0.1) is 17.6 Å². The van der Waals surface area contributed by atoms with E-state index in [4.69, 9.17) is 5.26 Å². The number of benzene rings is 1.